The Labute approximate surface area is 195 Å². The second-order valence-electron chi connectivity index (χ2n) is 8.14. The Bertz CT molecular complexity index is 1040. The zero-order valence-electron chi connectivity index (χ0n) is 17.0. The largest absolute Gasteiger partial charge is 0.440 e. The van der Waals surface area contributed by atoms with Crippen LogP contribution in [-0.2, 0) is 12.5 Å². The monoisotopic (exact) mass is 509 g/mol. The normalized spacial score (nSPS) is 22.7. The second kappa shape index (κ2) is 8.65. The summed E-state index contributed by atoms with van der Waals surface area (Å²) < 4.78 is 8.63. The molecule has 160 valence electrons. The number of aromatic nitrogens is 4. The number of oxazole rings is 1. The van der Waals surface area contributed by atoms with Crippen LogP contribution in [0.5, 0.6) is 0 Å². The Balaban J connectivity index is 0.00000218. The predicted molar refractivity (Wildman–Crippen MR) is 124 cm³/mol. The average Bonchev–Trinajstić information content (AvgIpc) is 3.01. The maximum atomic E-state index is 5.45. The Morgan fingerprint density at radius 3 is 2.97 bits per heavy atom. The number of hydrogen-bond donors (Lipinski definition) is 0. The molecule has 0 amide bonds. The molecule has 2 atom stereocenters. The van der Waals surface area contributed by atoms with Crippen molar-refractivity contribution in [2.75, 3.05) is 25.4 Å². The summed E-state index contributed by atoms with van der Waals surface area (Å²) >= 11 is 5.38. The van der Waals surface area contributed by atoms with Gasteiger partial charge in [-0.05, 0) is 49.9 Å². The minimum atomic E-state index is 0. The average molecular weight is 511 g/mol. The van der Waals surface area contributed by atoms with E-state index in [9.17, 15) is 0 Å². The molecular formula is C21H25BrClN5OS. The second-order valence-corrected chi connectivity index (χ2v) is 10.1. The standard InChI is InChI=1S/C21H24BrN5OS.ClH/c1-14-18(28-13-23-14)19-24-25-20(26(19)2)29-8-4-7-27-11-16-10-21(16,12-27)15-5-3-6-17(22)9-15;/h3,5-6,9,13,16H,4,7-8,10-12H2,1-2H3;1H/t16-,21?;/m1./s1. The third-order valence-corrected chi connectivity index (χ3v) is 7.85. The number of benzene rings is 1. The quantitative estimate of drug-likeness (QED) is 0.339. The summed E-state index contributed by atoms with van der Waals surface area (Å²) in [6.07, 6.45) is 3.95. The van der Waals surface area contributed by atoms with Gasteiger partial charge in [0.1, 0.15) is 0 Å². The highest BCUT2D eigenvalue weighted by Gasteiger charge is 2.60. The summed E-state index contributed by atoms with van der Waals surface area (Å²) in [6, 6.07) is 8.88. The molecule has 6 nitrogen and oxygen atoms in total. The number of piperidine rings is 1. The molecule has 0 N–H and O–H groups in total. The van der Waals surface area contributed by atoms with E-state index in [-0.39, 0.29) is 12.4 Å². The molecule has 1 saturated heterocycles. The van der Waals surface area contributed by atoms with Gasteiger partial charge in [0, 0.05) is 35.8 Å². The van der Waals surface area contributed by atoms with E-state index < -0.39 is 0 Å². The fourth-order valence-corrected chi connectivity index (χ4v) is 5.84. The molecular weight excluding hydrogens is 486 g/mol. The molecule has 0 radical (unpaired) electrons. The topological polar surface area (TPSA) is 60.0 Å². The first-order chi connectivity index (χ1) is 14.1. The number of hydrogen-bond acceptors (Lipinski definition) is 6. The van der Waals surface area contributed by atoms with Crippen LogP contribution in [0, 0.1) is 12.8 Å². The molecule has 3 heterocycles. The van der Waals surface area contributed by atoms with Gasteiger partial charge in [0.15, 0.2) is 17.3 Å². The van der Waals surface area contributed by atoms with Crippen LogP contribution in [0.2, 0.25) is 0 Å². The fraction of sp³-hybridized carbons (Fsp3) is 0.476. The predicted octanol–water partition coefficient (Wildman–Crippen LogP) is 4.72. The zero-order chi connectivity index (χ0) is 20.0. The molecule has 1 saturated carbocycles. The van der Waals surface area contributed by atoms with Gasteiger partial charge < -0.3 is 13.9 Å². The third-order valence-electron chi connectivity index (χ3n) is 6.25. The molecule has 1 aliphatic heterocycles. The van der Waals surface area contributed by atoms with Crippen LogP contribution in [0.25, 0.3) is 11.6 Å². The summed E-state index contributed by atoms with van der Waals surface area (Å²) in [7, 11) is 1.98. The van der Waals surface area contributed by atoms with E-state index in [2.05, 4.69) is 60.3 Å². The molecule has 2 aliphatic rings. The summed E-state index contributed by atoms with van der Waals surface area (Å²) in [5.74, 6) is 3.29. The van der Waals surface area contributed by atoms with Gasteiger partial charge >= 0.3 is 0 Å². The number of thioether (sulfide) groups is 1. The molecule has 0 spiro atoms. The van der Waals surface area contributed by atoms with Crippen molar-refractivity contribution in [3.63, 3.8) is 0 Å². The van der Waals surface area contributed by atoms with Gasteiger partial charge in [-0.2, -0.15) is 0 Å². The van der Waals surface area contributed by atoms with Crippen molar-refractivity contribution in [1.82, 2.24) is 24.6 Å². The maximum Gasteiger partial charge on any atom is 0.202 e. The lowest BCUT2D eigenvalue weighted by molar-refractivity contribution is 0.299. The van der Waals surface area contributed by atoms with E-state index in [1.165, 1.54) is 35.9 Å². The zero-order valence-corrected chi connectivity index (χ0v) is 20.3. The smallest absolute Gasteiger partial charge is 0.202 e. The Hall–Kier alpha value is -1.35. The van der Waals surface area contributed by atoms with E-state index in [4.69, 9.17) is 4.42 Å². The van der Waals surface area contributed by atoms with Crippen LogP contribution in [0.15, 0.2) is 44.7 Å². The van der Waals surface area contributed by atoms with Gasteiger partial charge in [0.05, 0.1) is 5.69 Å². The van der Waals surface area contributed by atoms with E-state index in [1.807, 2.05) is 18.5 Å². The summed E-state index contributed by atoms with van der Waals surface area (Å²) in [4.78, 5) is 6.78. The van der Waals surface area contributed by atoms with Crippen molar-refractivity contribution in [2.45, 2.75) is 30.3 Å². The highest BCUT2D eigenvalue weighted by atomic mass is 79.9. The molecule has 5 rings (SSSR count). The lowest BCUT2D eigenvalue weighted by Crippen LogP contribution is -2.27. The van der Waals surface area contributed by atoms with Crippen LogP contribution >= 0.6 is 40.1 Å². The third kappa shape index (κ3) is 3.95. The van der Waals surface area contributed by atoms with Crippen LogP contribution in [0.1, 0.15) is 24.1 Å². The lowest BCUT2D eigenvalue weighted by Gasteiger charge is -2.21. The summed E-state index contributed by atoms with van der Waals surface area (Å²) in [5, 5.41) is 9.54. The van der Waals surface area contributed by atoms with Gasteiger partial charge in [-0.3, -0.25) is 0 Å². The Kier molecular flexibility index (Phi) is 6.30. The lowest BCUT2D eigenvalue weighted by atomic mass is 9.95. The molecule has 2 aromatic heterocycles. The van der Waals surface area contributed by atoms with Crippen LogP contribution in [0.4, 0.5) is 0 Å². The van der Waals surface area contributed by atoms with Gasteiger partial charge in [-0.1, -0.05) is 39.8 Å². The van der Waals surface area contributed by atoms with Crippen LogP contribution < -0.4 is 0 Å². The minimum absolute atomic E-state index is 0. The SMILES string of the molecule is Cc1ncoc1-c1nnc(SCCCN2C[C@H]3CC3(c3cccc(Br)c3)C2)n1C.Cl. The van der Waals surface area contributed by atoms with Crippen molar-refractivity contribution in [2.24, 2.45) is 13.0 Å². The van der Waals surface area contributed by atoms with E-state index >= 15 is 0 Å². The van der Waals surface area contributed by atoms with E-state index in [1.54, 1.807) is 11.8 Å². The highest BCUT2D eigenvalue weighted by molar-refractivity contribution is 9.10. The Morgan fingerprint density at radius 2 is 2.20 bits per heavy atom. The molecule has 30 heavy (non-hydrogen) atoms. The minimum Gasteiger partial charge on any atom is -0.440 e. The van der Waals surface area contributed by atoms with Crippen LogP contribution in [0.3, 0.4) is 0 Å². The van der Waals surface area contributed by atoms with Crippen LogP contribution in [-0.4, -0.2) is 50.0 Å². The molecule has 3 aromatic rings. The van der Waals surface area contributed by atoms with Gasteiger partial charge in [0.25, 0.3) is 0 Å². The van der Waals surface area contributed by atoms with Crippen molar-refractivity contribution < 1.29 is 4.42 Å². The molecule has 0 bridgehead atoms. The highest BCUT2D eigenvalue weighted by Crippen LogP contribution is 2.59. The van der Waals surface area contributed by atoms with Crippen molar-refractivity contribution in [3.8, 4) is 11.6 Å². The first kappa shape index (κ1) is 21.9. The van der Waals surface area contributed by atoms with Crippen molar-refractivity contribution >= 4 is 40.1 Å². The van der Waals surface area contributed by atoms with Crippen molar-refractivity contribution in [1.29, 1.82) is 0 Å². The number of fused-ring (bicyclic) bond motifs is 1. The first-order valence-corrected chi connectivity index (χ1v) is 11.8. The number of nitrogens with zero attached hydrogens (tertiary/aromatic N) is 5. The molecule has 9 heteroatoms. The van der Waals surface area contributed by atoms with Crippen molar-refractivity contribution in [3.05, 3.63) is 46.4 Å². The van der Waals surface area contributed by atoms with Gasteiger partial charge in [-0.25, -0.2) is 4.98 Å². The van der Waals surface area contributed by atoms with Gasteiger partial charge in [0.2, 0.25) is 5.82 Å². The number of likely N-dealkylation sites (tertiary alicyclic amines) is 1. The molecule has 2 fully saturated rings. The fourth-order valence-electron chi connectivity index (χ4n) is 4.61. The van der Waals surface area contributed by atoms with E-state index in [0.29, 0.717) is 11.2 Å². The maximum absolute atomic E-state index is 5.45. The molecule has 1 unspecified atom stereocenters. The summed E-state index contributed by atoms with van der Waals surface area (Å²) in [6.45, 7) is 5.49. The number of aryl methyl sites for hydroxylation is 1. The Morgan fingerprint density at radius 1 is 1.33 bits per heavy atom. The van der Waals surface area contributed by atoms with Gasteiger partial charge in [-0.15, -0.1) is 22.6 Å². The first-order valence-electron chi connectivity index (χ1n) is 9.98. The molecule has 1 aliphatic carbocycles. The summed E-state index contributed by atoms with van der Waals surface area (Å²) in [5.41, 5.74) is 2.75. The number of rotatable bonds is 7. The van der Waals surface area contributed by atoms with E-state index in [0.717, 1.165) is 41.3 Å². The number of halogens is 2. The molecule has 1 aromatic carbocycles.